The Bertz CT molecular complexity index is 812. The van der Waals surface area contributed by atoms with Gasteiger partial charge in [-0.1, -0.05) is 35.9 Å². The molecule has 0 spiro atoms. The number of nitrogens with one attached hydrogen (secondary N) is 2. The Morgan fingerprint density at radius 1 is 1.07 bits per heavy atom. The first-order chi connectivity index (χ1) is 12.9. The van der Waals surface area contributed by atoms with Gasteiger partial charge in [-0.15, -0.1) is 0 Å². The molecule has 0 fully saturated rings. The molecule has 2 aromatic rings. The number of rotatable bonds is 6. The predicted octanol–water partition coefficient (Wildman–Crippen LogP) is 2.91. The molecule has 0 heterocycles. The van der Waals surface area contributed by atoms with Crippen LogP contribution in [0.1, 0.15) is 32.6 Å². The lowest BCUT2D eigenvalue weighted by Gasteiger charge is -2.14. The molecule has 1 amide bonds. The van der Waals surface area contributed by atoms with Gasteiger partial charge in [-0.2, -0.15) is 0 Å². The Morgan fingerprint density at radius 2 is 1.85 bits per heavy atom. The molecule has 2 aromatic carbocycles. The maximum Gasteiger partial charge on any atom is 0.253 e. The van der Waals surface area contributed by atoms with Gasteiger partial charge in [0.05, 0.1) is 0 Å². The lowest BCUT2D eigenvalue weighted by atomic mass is 10.1. The highest BCUT2D eigenvalue weighted by Gasteiger charge is 2.08. The summed E-state index contributed by atoms with van der Waals surface area (Å²) in [6.45, 7) is 5.71. The zero-order valence-electron chi connectivity index (χ0n) is 17.0. The third-order valence-electron chi connectivity index (χ3n) is 4.45. The van der Waals surface area contributed by atoms with Gasteiger partial charge in [0.1, 0.15) is 0 Å². The first-order valence-electron chi connectivity index (χ1n) is 9.22. The number of hydrogen-bond acceptors (Lipinski definition) is 2. The lowest BCUT2D eigenvalue weighted by Crippen LogP contribution is -2.38. The Labute approximate surface area is 162 Å². The van der Waals surface area contributed by atoms with Crippen molar-refractivity contribution in [2.75, 3.05) is 27.7 Å². The first-order valence-corrected chi connectivity index (χ1v) is 9.22. The van der Waals surface area contributed by atoms with Crippen LogP contribution in [0, 0.1) is 13.8 Å². The van der Waals surface area contributed by atoms with E-state index < -0.39 is 0 Å². The molecule has 5 nitrogen and oxygen atoms in total. The quantitative estimate of drug-likeness (QED) is 0.610. The first kappa shape index (κ1) is 20.5. The van der Waals surface area contributed by atoms with Gasteiger partial charge < -0.3 is 15.5 Å². The van der Waals surface area contributed by atoms with Crippen LogP contribution in [0.4, 0.5) is 0 Å². The average molecular weight is 367 g/mol. The second-order valence-electron chi connectivity index (χ2n) is 6.93. The smallest absolute Gasteiger partial charge is 0.253 e. The molecule has 0 aromatic heterocycles. The molecule has 144 valence electrons. The molecular formula is C22H30N4O. The fraction of sp³-hybridized carbons (Fsp3) is 0.364. The molecule has 0 atom stereocenters. The standard InChI is InChI=1S/C22H30N4O/c1-16-9-10-20(17(2)13-16)15-25-22(23-3)24-12-11-18-7-6-8-19(14-18)21(27)26(4)5/h6-10,13-14H,11-12,15H2,1-5H3,(H2,23,24,25). The van der Waals surface area contributed by atoms with Gasteiger partial charge in [0.15, 0.2) is 5.96 Å². The summed E-state index contributed by atoms with van der Waals surface area (Å²) >= 11 is 0. The zero-order chi connectivity index (χ0) is 19.8. The normalized spacial score (nSPS) is 11.2. The molecule has 27 heavy (non-hydrogen) atoms. The Kier molecular flexibility index (Phi) is 7.41. The number of carbonyl (C=O) groups excluding carboxylic acids is 1. The van der Waals surface area contributed by atoms with Crippen molar-refractivity contribution in [1.82, 2.24) is 15.5 Å². The molecule has 5 heteroatoms. The van der Waals surface area contributed by atoms with E-state index >= 15 is 0 Å². The van der Waals surface area contributed by atoms with E-state index in [2.05, 4.69) is 47.7 Å². The minimum Gasteiger partial charge on any atom is -0.356 e. The van der Waals surface area contributed by atoms with Crippen molar-refractivity contribution >= 4 is 11.9 Å². The minimum absolute atomic E-state index is 0.0238. The number of aryl methyl sites for hydroxylation is 2. The molecule has 0 saturated carbocycles. The monoisotopic (exact) mass is 366 g/mol. The summed E-state index contributed by atoms with van der Waals surface area (Å²) in [4.78, 5) is 18.0. The third-order valence-corrected chi connectivity index (χ3v) is 4.45. The van der Waals surface area contributed by atoms with Crippen molar-refractivity contribution in [3.63, 3.8) is 0 Å². The highest BCUT2D eigenvalue weighted by Crippen LogP contribution is 2.10. The molecule has 0 aliphatic heterocycles. The average Bonchev–Trinajstić information content (AvgIpc) is 2.65. The highest BCUT2D eigenvalue weighted by atomic mass is 16.2. The fourth-order valence-corrected chi connectivity index (χ4v) is 2.89. The number of benzene rings is 2. The summed E-state index contributed by atoms with van der Waals surface area (Å²) in [5, 5.41) is 6.69. The van der Waals surface area contributed by atoms with E-state index in [0.717, 1.165) is 36.6 Å². The number of carbonyl (C=O) groups is 1. The molecule has 2 rings (SSSR count). The van der Waals surface area contributed by atoms with E-state index in [0.29, 0.717) is 0 Å². The van der Waals surface area contributed by atoms with Crippen LogP contribution in [-0.4, -0.2) is 44.5 Å². The van der Waals surface area contributed by atoms with Crippen molar-refractivity contribution in [3.8, 4) is 0 Å². The number of amides is 1. The Morgan fingerprint density at radius 3 is 2.52 bits per heavy atom. The molecule has 2 N–H and O–H groups in total. The van der Waals surface area contributed by atoms with Crippen molar-refractivity contribution in [2.45, 2.75) is 26.8 Å². The zero-order valence-corrected chi connectivity index (χ0v) is 17.0. The van der Waals surface area contributed by atoms with E-state index in [4.69, 9.17) is 0 Å². The van der Waals surface area contributed by atoms with Gasteiger partial charge in [0.25, 0.3) is 5.91 Å². The SMILES string of the molecule is CN=C(NCCc1cccc(C(=O)N(C)C)c1)NCc1ccc(C)cc1C. The van der Waals surface area contributed by atoms with Crippen LogP contribution in [-0.2, 0) is 13.0 Å². The molecular weight excluding hydrogens is 336 g/mol. The van der Waals surface area contributed by atoms with Crippen molar-refractivity contribution in [1.29, 1.82) is 0 Å². The van der Waals surface area contributed by atoms with Crippen LogP contribution in [0.15, 0.2) is 47.5 Å². The minimum atomic E-state index is 0.0238. The summed E-state index contributed by atoms with van der Waals surface area (Å²) in [6, 6.07) is 14.2. The topological polar surface area (TPSA) is 56.7 Å². The summed E-state index contributed by atoms with van der Waals surface area (Å²) in [6.07, 6.45) is 0.818. The molecule has 0 unspecified atom stereocenters. The lowest BCUT2D eigenvalue weighted by molar-refractivity contribution is 0.0827. The van der Waals surface area contributed by atoms with Crippen LogP contribution in [0.5, 0.6) is 0 Å². The maximum absolute atomic E-state index is 12.1. The second-order valence-corrected chi connectivity index (χ2v) is 6.93. The van der Waals surface area contributed by atoms with E-state index in [9.17, 15) is 4.79 Å². The van der Waals surface area contributed by atoms with Gasteiger partial charge in [-0.25, -0.2) is 0 Å². The van der Waals surface area contributed by atoms with Gasteiger partial charge in [-0.05, 0) is 49.1 Å². The molecule has 0 bridgehead atoms. The van der Waals surface area contributed by atoms with Crippen LogP contribution in [0.25, 0.3) is 0 Å². The van der Waals surface area contributed by atoms with E-state index in [1.807, 2.05) is 24.3 Å². The van der Waals surface area contributed by atoms with Crippen LogP contribution in [0.3, 0.4) is 0 Å². The van der Waals surface area contributed by atoms with Crippen molar-refractivity contribution in [3.05, 3.63) is 70.3 Å². The van der Waals surface area contributed by atoms with Crippen LogP contribution >= 0.6 is 0 Å². The highest BCUT2D eigenvalue weighted by molar-refractivity contribution is 5.94. The number of nitrogens with zero attached hydrogens (tertiary/aromatic N) is 2. The number of hydrogen-bond donors (Lipinski definition) is 2. The van der Waals surface area contributed by atoms with Gasteiger partial charge in [0.2, 0.25) is 0 Å². The Hall–Kier alpha value is -2.82. The number of aliphatic imine (C=N–C) groups is 1. The summed E-state index contributed by atoms with van der Waals surface area (Å²) < 4.78 is 0. The van der Waals surface area contributed by atoms with Crippen molar-refractivity contribution < 1.29 is 4.79 Å². The molecule has 0 aliphatic carbocycles. The summed E-state index contributed by atoms with van der Waals surface area (Å²) in [5.74, 6) is 0.797. The van der Waals surface area contributed by atoms with Gasteiger partial charge >= 0.3 is 0 Å². The number of guanidine groups is 1. The maximum atomic E-state index is 12.1. The molecule has 0 aliphatic rings. The summed E-state index contributed by atoms with van der Waals surface area (Å²) in [7, 11) is 5.30. The van der Waals surface area contributed by atoms with Gasteiger partial charge in [0, 0.05) is 39.8 Å². The fourth-order valence-electron chi connectivity index (χ4n) is 2.89. The van der Waals surface area contributed by atoms with Crippen LogP contribution < -0.4 is 10.6 Å². The largest absolute Gasteiger partial charge is 0.356 e. The Balaban J connectivity index is 1.86. The second kappa shape index (κ2) is 9.76. The predicted molar refractivity (Wildman–Crippen MR) is 112 cm³/mol. The van der Waals surface area contributed by atoms with Gasteiger partial charge in [-0.3, -0.25) is 9.79 Å². The third kappa shape index (κ3) is 6.13. The van der Waals surface area contributed by atoms with Crippen LogP contribution in [0.2, 0.25) is 0 Å². The van der Waals surface area contributed by atoms with Crippen molar-refractivity contribution in [2.24, 2.45) is 4.99 Å². The van der Waals surface area contributed by atoms with E-state index in [1.54, 1.807) is 26.0 Å². The van der Waals surface area contributed by atoms with E-state index in [-0.39, 0.29) is 5.91 Å². The molecule has 0 radical (unpaired) electrons. The molecule has 0 saturated heterocycles. The summed E-state index contributed by atoms with van der Waals surface area (Å²) in [5.41, 5.74) is 5.65. The van der Waals surface area contributed by atoms with E-state index in [1.165, 1.54) is 16.7 Å².